The van der Waals surface area contributed by atoms with E-state index < -0.39 is 44.3 Å². The summed E-state index contributed by atoms with van der Waals surface area (Å²) in [6.07, 6.45) is -2.03. The van der Waals surface area contributed by atoms with Crippen molar-refractivity contribution in [1.82, 2.24) is 24.3 Å². The third-order valence-electron chi connectivity index (χ3n) is 9.23. The monoisotopic (exact) mass is 699 g/mol. The van der Waals surface area contributed by atoms with Crippen LogP contribution in [-0.2, 0) is 52.2 Å². The Kier molecular flexibility index (Phi) is 9.01. The Morgan fingerprint density at radius 1 is 1.14 bits per heavy atom. The Morgan fingerprint density at radius 2 is 1.90 bits per heavy atom. The van der Waals surface area contributed by atoms with Crippen molar-refractivity contribution < 1.29 is 35.9 Å². The maximum atomic E-state index is 14.1. The number of benzene rings is 2. The molecule has 0 amide bonds. The highest BCUT2D eigenvalue weighted by atomic mass is 32.2. The molecule has 0 saturated carbocycles. The Balaban J connectivity index is 1.46. The van der Waals surface area contributed by atoms with Gasteiger partial charge in [-0.2, -0.15) is 17.5 Å². The van der Waals surface area contributed by atoms with Gasteiger partial charge in [0, 0.05) is 25.7 Å². The molecule has 0 radical (unpaired) electrons. The summed E-state index contributed by atoms with van der Waals surface area (Å²) in [4.78, 5) is 16.6. The van der Waals surface area contributed by atoms with Gasteiger partial charge in [-0.1, -0.05) is 30.3 Å². The van der Waals surface area contributed by atoms with Crippen LogP contribution in [0, 0.1) is 6.92 Å². The summed E-state index contributed by atoms with van der Waals surface area (Å²) in [6, 6.07) is 8.51. The van der Waals surface area contributed by atoms with Crippen LogP contribution in [0.25, 0.3) is 11.0 Å². The number of hydrogen-bond donors (Lipinski definition) is 0. The molecular formula is C35H40F3N5O5S. The number of pyridine rings is 1. The van der Waals surface area contributed by atoms with Gasteiger partial charge in [-0.15, -0.1) is 5.10 Å². The van der Waals surface area contributed by atoms with Gasteiger partial charge in [-0.3, -0.25) is 4.79 Å². The highest BCUT2D eigenvalue weighted by Crippen LogP contribution is 2.40. The molecule has 262 valence electrons. The number of carbonyl (C=O) groups is 1. The van der Waals surface area contributed by atoms with Gasteiger partial charge in [0.1, 0.15) is 22.1 Å². The first-order chi connectivity index (χ1) is 23.0. The zero-order valence-corrected chi connectivity index (χ0v) is 29.2. The molecule has 10 nitrogen and oxygen atoms in total. The number of halogens is 3. The first-order valence-corrected chi connectivity index (χ1v) is 17.8. The average Bonchev–Trinajstić information content (AvgIpc) is 3.62. The SMILES string of the molecule is CC[C@@H]1CN(Cc2cc(C(CC(=O)OC(C)(C)C)c3ccc4c(nnn4C)c3C)cc3c2CCC3)S(=O)(=O)c2cc(C(F)(F)F)cnc2O1. The van der Waals surface area contributed by atoms with E-state index in [1.165, 1.54) is 4.31 Å². The maximum absolute atomic E-state index is 14.1. The van der Waals surface area contributed by atoms with Crippen molar-refractivity contribution in [3.63, 3.8) is 0 Å². The number of hydrogen-bond acceptors (Lipinski definition) is 8. The van der Waals surface area contributed by atoms with Crippen LogP contribution in [0.2, 0.25) is 0 Å². The number of carbonyl (C=O) groups excluding carboxylic acids is 1. The summed E-state index contributed by atoms with van der Waals surface area (Å²) in [6.45, 7) is 9.03. The van der Waals surface area contributed by atoms with Crippen molar-refractivity contribution in [2.45, 2.75) is 102 Å². The topological polar surface area (TPSA) is 117 Å². The van der Waals surface area contributed by atoms with Gasteiger partial charge in [0.2, 0.25) is 15.9 Å². The molecule has 4 aromatic rings. The van der Waals surface area contributed by atoms with Crippen molar-refractivity contribution >= 4 is 27.0 Å². The van der Waals surface area contributed by atoms with Crippen LogP contribution in [0.15, 0.2) is 41.4 Å². The molecule has 2 atom stereocenters. The third-order valence-corrected chi connectivity index (χ3v) is 11.0. The fourth-order valence-electron chi connectivity index (χ4n) is 6.82. The number of nitrogens with zero attached hydrogens (tertiary/aromatic N) is 5. The van der Waals surface area contributed by atoms with E-state index in [4.69, 9.17) is 9.47 Å². The smallest absolute Gasteiger partial charge is 0.417 e. The minimum absolute atomic E-state index is 0.0229. The number of ether oxygens (including phenoxy) is 2. The number of rotatable bonds is 7. The van der Waals surface area contributed by atoms with Gasteiger partial charge >= 0.3 is 12.1 Å². The summed E-state index contributed by atoms with van der Waals surface area (Å²) >= 11 is 0. The molecule has 0 saturated heterocycles. The number of alkyl halides is 3. The summed E-state index contributed by atoms with van der Waals surface area (Å²) in [5.74, 6) is -1.19. The molecule has 1 unspecified atom stereocenters. The van der Waals surface area contributed by atoms with E-state index in [9.17, 15) is 26.4 Å². The summed E-state index contributed by atoms with van der Waals surface area (Å²) in [5.41, 5.74) is 5.02. The predicted octanol–water partition coefficient (Wildman–Crippen LogP) is 6.40. The zero-order chi connectivity index (χ0) is 35.5. The molecule has 0 spiro atoms. The van der Waals surface area contributed by atoms with Gasteiger partial charge in [-0.25, -0.2) is 18.1 Å². The van der Waals surface area contributed by atoms with Crippen LogP contribution in [0.3, 0.4) is 0 Å². The first-order valence-electron chi connectivity index (χ1n) is 16.4. The molecule has 6 rings (SSSR count). The molecular weight excluding hydrogens is 659 g/mol. The Hall–Kier alpha value is -4.04. The van der Waals surface area contributed by atoms with Crippen molar-refractivity contribution in [3.05, 3.63) is 75.5 Å². The lowest BCUT2D eigenvalue weighted by molar-refractivity contribution is -0.155. The average molecular weight is 700 g/mol. The molecule has 0 N–H and O–H groups in total. The van der Waals surface area contributed by atoms with Crippen molar-refractivity contribution in [3.8, 4) is 5.88 Å². The zero-order valence-electron chi connectivity index (χ0n) is 28.4. The van der Waals surface area contributed by atoms with E-state index in [0.29, 0.717) is 24.2 Å². The van der Waals surface area contributed by atoms with Gasteiger partial charge in [0.15, 0.2) is 0 Å². The predicted molar refractivity (Wildman–Crippen MR) is 176 cm³/mol. The summed E-state index contributed by atoms with van der Waals surface area (Å²) in [5, 5.41) is 8.53. The van der Waals surface area contributed by atoms with Crippen molar-refractivity contribution in [1.29, 1.82) is 0 Å². The highest BCUT2D eigenvalue weighted by Gasteiger charge is 2.40. The number of aryl methyl sites for hydroxylation is 3. The Bertz CT molecular complexity index is 2040. The van der Waals surface area contributed by atoms with Crippen LogP contribution in [-0.4, -0.2) is 56.9 Å². The fraction of sp³-hybridized carbons (Fsp3) is 0.486. The van der Waals surface area contributed by atoms with Gasteiger partial charge in [0.05, 0.1) is 24.0 Å². The highest BCUT2D eigenvalue weighted by molar-refractivity contribution is 7.89. The van der Waals surface area contributed by atoms with Gasteiger partial charge in [0.25, 0.3) is 0 Å². The van der Waals surface area contributed by atoms with E-state index in [0.717, 1.165) is 58.2 Å². The Morgan fingerprint density at radius 3 is 2.59 bits per heavy atom. The third kappa shape index (κ3) is 6.89. The van der Waals surface area contributed by atoms with Crippen molar-refractivity contribution in [2.24, 2.45) is 7.05 Å². The second-order valence-corrected chi connectivity index (χ2v) is 15.8. The van der Waals surface area contributed by atoms with Crippen LogP contribution < -0.4 is 4.74 Å². The van der Waals surface area contributed by atoms with Crippen molar-refractivity contribution in [2.75, 3.05) is 6.54 Å². The number of sulfonamides is 1. The molecule has 2 aromatic heterocycles. The minimum Gasteiger partial charge on any atom is -0.472 e. The number of aromatic nitrogens is 4. The summed E-state index contributed by atoms with van der Waals surface area (Å²) < 4.78 is 83.8. The molecule has 0 bridgehead atoms. The minimum atomic E-state index is -4.79. The normalized spacial score (nSPS) is 18.4. The van der Waals surface area contributed by atoms with Gasteiger partial charge in [-0.05, 0) is 98.9 Å². The van der Waals surface area contributed by atoms with Gasteiger partial charge < -0.3 is 9.47 Å². The van der Waals surface area contributed by atoms with E-state index >= 15 is 0 Å². The molecule has 3 heterocycles. The molecule has 2 aliphatic rings. The Labute approximate surface area is 283 Å². The van der Waals surface area contributed by atoms with E-state index in [-0.39, 0.29) is 31.4 Å². The summed E-state index contributed by atoms with van der Waals surface area (Å²) in [7, 11) is -2.65. The number of esters is 1. The van der Waals surface area contributed by atoms with Crippen LogP contribution in [0.4, 0.5) is 13.2 Å². The van der Waals surface area contributed by atoms with Crippen LogP contribution in [0.1, 0.15) is 91.8 Å². The van der Waals surface area contributed by atoms with Crippen LogP contribution in [0.5, 0.6) is 5.88 Å². The lowest BCUT2D eigenvalue weighted by Gasteiger charge is -2.27. The lowest BCUT2D eigenvalue weighted by atomic mass is 9.83. The second kappa shape index (κ2) is 12.7. The molecule has 14 heteroatoms. The maximum Gasteiger partial charge on any atom is 0.417 e. The molecule has 1 aliphatic heterocycles. The molecule has 1 aliphatic carbocycles. The quantitative estimate of drug-likeness (QED) is 0.204. The van der Waals surface area contributed by atoms with Crippen LogP contribution >= 0.6 is 0 Å². The molecule has 0 fully saturated rings. The first kappa shape index (κ1) is 34.8. The fourth-order valence-corrected chi connectivity index (χ4v) is 8.37. The standard InChI is InChI=1S/C35H40F3N5O5S/c1-7-25-19-43(49(45,46)30-15-24(35(36,37)38)17-39-33(30)47-25)18-23-14-22(13-21-9-8-10-27(21)23)28(16-31(44)48-34(3,4)5)26-11-12-29-32(20(26)2)40-41-42(29)6/h11-15,17,25,28H,7-10,16,18-19H2,1-6H3/t25-,28?/m1/s1. The van der Waals surface area contributed by atoms with E-state index in [1.54, 1.807) is 4.68 Å². The van der Waals surface area contributed by atoms with E-state index in [1.807, 2.05) is 59.9 Å². The molecule has 2 aromatic carbocycles. The largest absolute Gasteiger partial charge is 0.472 e. The number of fused-ring (bicyclic) bond motifs is 3. The lowest BCUT2D eigenvalue weighted by Crippen LogP contribution is -2.36. The second-order valence-electron chi connectivity index (χ2n) is 13.8. The van der Waals surface area contributed by atoms with E-state index in [2.05, 4.69) is 21.4 Å². The molecule has 49 heavy (non-hydrogen) atoms.